The number of rotatable bonds is 6. The molecule has 0 bridgehead atoms. The Balaban J connectivity index is 1.39. The highest BCUT2D eigenvalue weighted by atomic mass is 16.5. The largest absolute Gasteiger partial charge is 0.481 e. The lowest BCUT2D eigenvalue weighted by Crippen LogP contribution is -2.19. The first-order valence-corrected chi connectivity index (χ1v) is 10.4. The van der Waals surface area contributed by atoms with Gasteiger partial charge in [0, 0.05) is 29.4 Å². The van der Waals surface area contributed by atoms with Crippen LogP contribution in [0, 0.1) is 6.92 Å². The number of nitrogens with zero attached hydrogens (tertiary/aromatic N) is 2. The molecular formula is C26H22N2O3. The van der Waals surface area contributed by atoms with Crippen molar-refractivity contribution in [1.29, 1.82) is 0 Å². The van der Waals surface area contributed by atoms with Crippen LogP contribution in [0.3, 0.4) is 0 Å². The van der Waals surface area contributed by atoms with Crippen LogP contribution in [0.4, 0.5) is 0 Å². The standard InChI is InChI=1S/C26H22N2O3/c1-17-23(16-22-4-2-3-15-27-22)24(31-28-17)20-7-5-18(6-8-20)19-9-11-21(12-10-19)26(13-14-26)25(29)30/h2-12,15H,13-14,16H2,1H3,(H,29,30). The van der Waals surface area contributed by atoms with Crippen molar-refractivity contribution in [2.24, 2.45) is 0 Å². The Hall–Kier alpha value is -3.73. The van der Waals surface area contributed by atoms with Crippen molar-refractivity contribution in [2.75, 3.05) is 0 Å². The molecule has 0 spiro atoms. The van der Waals surface area contributed by atoms with Crippen LogP contribution in [-0.4, -0.2) is 21.2 Å². The Morgan fingerprint density at radius 3 is 2.19 bits per heavy atom. The number of pyridine rings is 1. The zero-order chi connectivity index (χ0) is 21.4. The summed E-state index contributed by atoms with van der Waals surface area (Å²) in [4.78, 5) is 16.0. The third-order valence-electron chi connectivity index (χ3n) is 6.15. The fourth-order valence-corrected chi connectivity index (χ4v) is 4.05. The molecule has 5 nitrogen and oxygen atoms in total. The van der Waals surface area contributed by atoms with Gasteiger partial charge in [0.2, 0.25) is 0 Å². The van der Waals surface area contributed by atoms with Crippen LogP contribution in [-0.2, 0) is 16.6 Å². The third kappa shape index (κ3) is 3.52. The molecule has 1 aliphatic rings. The lowest BCUT2D eigenvalue weighted by Gasteiger charge is -2.11. The zero-order valence-electron chi connectivity index (χ0n) is 17.2. The van der Waals surface area contributed by atoms with Gasteiger partial charge in [-0.25, -0.2) is 0 Å². The first-order chi connectivity index (χ1) is 15.1. The summed E-state index contributed by atoms with van der Waals surface area (Å²) in [6.45, 7) is 1.95. The first kappa shape index (κ1) is 19.2. The van der Waals surface area contributed by atoms with E-state index in [9.17, 15) is 9.90 Å². The molecule has 0 unspecified atom stereocenters. The van der Waals surface area contributed by atoms with Gasteiger partial charge in [0.05, 0.1) is 11.1 Å². The van der Waals surface area contributed by atoms with Gasteiger partial charge in [-0.1, -0.05) is 59.8 Å². The van der Waals surface area contributed by atoms with Crippen molar-refractivity contribution < 1.29 is 14.4 Å². The van der Waals surface area contributed by atoms with Gasteiger partial charge in [-0.2, -0.15) is 0 Å². The van der Waals surface area contributed by atoms with Crippen molar-refractivity contribution in [3.8, 4) is 22.5 Å². The SMILES string of the molecule is Cc1noc(-c2ccc(-c3ccc(C4(C(=O)O)CC4)cc3)cc2)c1Cc1ccccn1. The summed E-state index contributed by atoms with van der Waals surface area (Å²) in [6.07, 6.45) is 3.89. The molecule has 4 aromatic rings. The molecule has 0 saturated heterocycles. The summed E-state index contributed by atoms with van der Waals surface area (Å²) < 4.78 is 5.65. The minimum Gasteiger partial charge on any atom is -0.481 e. The van der Waals surface area contributed by atoms with Crippen LogP contribution >= 0.6 is 0 Å². The summed E-state index contributed by atoms with van der Waals surface area (Å²) in [7, 11) is 0. The van der Waals surface area contributed by atoms with E-state index in [1.807, 2.05) is 61.5 Å². The molecule has 154 valence electrons. The Labute approximate surface area is 180 Å². The minimum atomic E-state index is -0.728. The van der Waals surface area contributed by atoms with E-state index < -0.39 is 11.4 Å². The van der Waals surface area contributed by atoms with Crippen LogP contribution in [0.2, 0.25) is 0 Å². The molecule has 1 fully saturated rings. The van der Waals surface area contributed by atoms with E-state index >= 15 is 0 Å². The van der Waals surface area contributed by atoms with E-state index in [1.54, 1.807) is 6.20 Å². The second kappa shape index (κ2) is 7.51. The van der Waals surface area contributed by atoms with Gasteiger partial charge in [-0.05, 0) is 48.6 Å². The van der Waals surface area contributed by atoms with E-state index in [2.05, 4.69) is 22.3 Å². The number of aliphatic carboxylic acids is 1. The van der Waals surface area contributed by atoms with Crippen molar-refractivity contribution in [2.45, 2.75) is 31.6 Å². The molecule has 0 atom stereocenters. The summed E-state index contributed by atoms with van der Waals surface area (Å²) >= 11 is 0. The lowest BCUT2D eigenvalue weighted by atomic mass is 9.93. The smallest absolute Gasteiger partial charge is 0.314 e. The lowest BCUT2D eigenvalue weighted by molar-refractivity contribution is -0.140. The third-order valence-corrected chi connectivity index (χ3v) is 6.15. The predicted molar refractivity (Wildman–Crippen MR) is 118 cm³/mol. The second-order valence-corrected chi connectivity index (χ2v) is 8.12. The van der Waals surface area contributed by atoms with Crippen molar-refractivity contribution in [1.82, 2.24) is 10.1 Å². The summed E-state index contributed by atoms with van der Waals surface area (Å²) in [6, 6.07) is 21.9. The maximum absolute atomic E-state index is 11.5. The number of hydrogen-bond acceptors (Lipinski definition) is 4. The first-order valence-electron chi connectivity index (χ1n) is 10.4. The number of carbonyl (C=O) groups is 1. The zero-order valence-corrected chi connectivity index (χ0v) is 17.2. The minimum absolute atomic E-state index is 0.667. The molecule has 0 amide bonds. The van der Waals surface area contributed by atoms with Crippen LogP contribution in [0.1, 0.15) is 35.4 Å². The maximum atomic E-state index is 11.5. The number of carboxylic acid groups (broad SMARTS) is 1. The molecule has 0 aliphatic heterocycles. The number of carboxylic acids is 1. The van der Waals surface area contributed by atoms with Gasteiger partial charge in [0.25, 0.3) is 0 Å². The van der Waals surface area contributed by atoms with Crippen molar-refractivity contribution in [3.63, 3.8) is 0 Å². The molecule has 5 heteroatoms. The molecule has 5 rings (SSSR count). The van der Waals surface area contributed by atoms with E-state index in [1.165, 1.54) is 0 Å². The molecule has 1 aliphatic carbocycles. The molecule has 2 heterocycles. The predicted octanol–water partition coefficient (Wildman–Crippen LogP) is 5.42. The average Bonchev–Trinajstić information content (AvgIpc) is 3.55. The normalized spacial score (nSPS) is 14.4. The van der Waals surface area contributed by atoms with Gasteiger partial charge >= 0.3 is 5.97 Å². The molecule has 1 N–H and O–H groups in total. The number of hydrogen-bond donors (Lipinski definition) is 1. The summed E-state index contributed by atoms with van der Waals surface area (Å²) in [5.74, 6) is 0.0376. The monoisotopic (exact) mass is 410 g/mol. The molecular weight excluding hydrogens is 388 g/mol. The number of aryl methyl sites for hydroxylation is 1. The van der Waals surface area contributed by atoms with Crippen LogP contribution in [0.5, 0.6) is 0 Å². The number of benzene rings is 2. The summed E-state index contributed by atoms with van der Waals surface area (Å²) in [5.41, 5.74) is 6.19. The van der Waals surface area contributed by atoms with E-state index in [-0.39, 0.29) is 0 Å². The van der Waals surface area contributed by atoms with Crippen LogP contribution in [0.15, 0.2) is 77.4 Å². The molecule has 2 aromatic carbocycles. The van der Waals surface area contributed by atoms with E-state index in [0.717, 1.165) is 45.0 Å². The molecule has 1 saturated carbocycles. The number of aromatic nitrogens is 2. The molecule has 0 radical (unpaired) electrons. The summed E-state index contributed by atoms with van der Waals surface area (Å²) in [5, 5.41) is 13.7. The highest BCUT2D eigenvalue weighted by Crippen LogP contribution is 2.48. The topological polar surface area (TPSA) is 76.2 Å². The Morgan fingerprint density at radius 2 is 1.61 bits per heavy atom. The second-order valence-electron chi connectivity index (χ2n) is 8.12. The highest BCUT2D eigenvalue weighted by molar-refractivity contribution is 5.85. The highest BCUT2D eigenvalue weighted by Gasteiger charge is 2.51. The quantitative estimate of drug-likeness (QED) is 0.459. The van der Waals surface area contributed by atoms with Gasteiger partial charge in [0.15, 0.2) is 5.76 Å². The van der Waals surface area contributed by atoms with Gasteiger partial charge in [-0.3, -0.25) is 9.78 Å². The Morgan fingerprint density at radius 1 is 0.968 bits per heavy atom. The van der Waals surface area contributed by atoms with Crippen LogP contribution in [0.25, 0.3) is 22.5 Å². The van der Waals surface area contributed by atoms with Gasteiger partial charge in [-0.15, -0.1) is 0 Å². The Kier molecular flexibility index (Phi) is 4.66. The van der Waals surface area contributed by atoms with Crippen LogP contribution < -0.4 is 0 Å². The maximum Gasteiger partial charge on any atom is 0.314 e. The average molecular weight is 410 g/mol. The van der Waals surface area contributed by atoms with Crippen molar-refractivity contribution in [3.05, 3.63) is 95.4 Å². The molecule has 2 aromatic heterocycles. The van der Waals surface area contributed by atoms with E-state index in [0.29, 0.717) is 19.3 Å². The fourth-order valence-electron chi connectivity index (χ4n) is 4.05. The fraction of sp³-hybridized carbons (Fsp3) is 0.192. The molecule has 31 heavy (non-hydrogen) atoms. The van der Waals surface area contributed by atoms with Gasteiger partial charge < -0.3 is 9.63 Å². The van der Waals surface area contributed by atoms with E-state index in [4.69, 9.17) is 4.52 Å². The Bertz CT molecular complexity index is 1220. The van der Waals surface area contributed by atoms with Crippen molar-refractivity contribution >= 4 is 5.97 Å². The van der Waals surface area contributed by atoms with Gasteiger partial charge in [0.1, 0.15) is 0 Å².